The molecule has 1 nitrogen and oxygen atoms in total. The van der Waals surface area contributed by atoms with E-state index in [-0.39, 0.29) is 17.6 Å². The minimum atomic E-state index is -0.794. The average molecular weight is 291 g/mol. The largest absolute Gasteiger partial charge is 0.491 e. The molecule has 4 heteroatoms. The van der Waals surface area contributed by atoms with Gasteiger partial charge in [0.1, 0.15) is 5.83 Å². The first kappa shape index (κ1) is 14.8. The Labute approximate surface area is 118 Å². The first-order valence-corrected chi connectivity index (χ1v) is 7.65. The summed E-state index contributed by atoms with van der Waals surface area (Å²) in [6, 6.07) is 0. The van der Waals surface area contributed by atoms with Crippen molar-refractivity contribution in [1.29, 1.82) is 0 Å². The molecule has 0 spiro atoms. The van der Waals surface area contributed by atoms with E-state index in [2.05, 4.69) is 0 Å². The van der Waals surface area contributed by atoms with E-state index in [1.807, 2.05) is 0 Å². The second-order valence-corrected chi connectivity index (χ2v) is 5.75. The summed E-state index contributed by atoms with van der Waals surface area (Å²) in [6.45, 7) is 2.13. The molecule has 0 aromatic carbocycles. The summed E-state index contributed by atoms with van der Waals surface area (Å²) in [5.41, 5.74) is 0. The van der Waals surface area contributed by atoms with Gasteiger partial charge in [-0.25, -0.2) is 8.78 Å². The van der Waals surface area contributed by atoms with Gasteiger partial charge < -0.3 is 4.74 Å². The van der Waals surface area contributed by atoms with E-state index in [1.165, 1.54) is 0 Å². The minimum Gasteiger partial charge on any atom is -0.491 e. The van der Waals surface area contributed by atoms with Crippen molar-refractivity contribution in [2.24, 2.45) is 17.8 Å². The van der Waals surface area contributed by atoms with Crippen LogP contribution in [0.5, 0.6) is 0 Å². The Morgan fingerprint density at radius 2 is 1.95 bits per heavy atom. The molecule has 0 saturated heterocycles. The maximum atomic E-state index is 14.1. The smallest absolute Gasteiger partial charge is 0.196 e. The van der Waals surface area contributed by atoms with E-state index < -0.39 is 11.7 Å². The summed E-state index contributed by atoms with van der Waals surface area (Å²) in [6.07, 6.45) is 6.19. The first-order chi connectivity index (χ1) is 9.17. The lowest BCUT2D eigenvalue weighted by Crippen LogP contribution is -2.24. The molecule has 1 saturated carbocycles. The van der Waals surface area contributed by atoms with Crippen LogP contribution in [0.2, 0.25) is 0 Å². The van der Waals surface area contributed by atoms with Crippen molar-refractivity contribution < 1.29 is 13.5 Å². The minimum absolute atomic E-state index is 0.0747. The molecule has 1 unspecified atom stereocenters. The molecule has 0 radical (unpaired) electrons. The molecule has 0 bridgehead atoms. The number of allylic oxidation sites excluding steroid dienone is 3. The topological polar surface area (TPSA) is 9.23 Å². The summed E-state index contributed by atoms with van der Waals surface area (Å²) in [4.78, 5) is 0. The van der Waals surface area contributed by atoms with Gasteiger partial charge in [-0.05, 0) is 56.9 Å². The highest BCUT2D eigenvalue weighted by molar-refractivity contribution is 6.18. The van der Waals surface area contributed by atoms with Crippen LogP contribution in [-0.2, 0) is 4.74 Å². The molecule has 19 heavy (non-hydrogen) atoms. The van der Waals surface area contributed by atoms with Gasteiger partial charge in [-0.1, -0.05) is 0 Å². The summed E-state index contributed by atoms with van der Waals surface area (Å²) in [5.74, 6) is -0.167. The standard InChI is InChI=1S/C15H21ClF2O/c1-2-19-13-8-7-12(14(17)15(13)18)11-5-3-10(9-16)4-6-11/h8,10-12H,2-7,9H2,1H3. The fourth-order valence-corrected chi connectivity index (χ4v) is 3.44. The van der Waals surface area contributed by atoms with Crippen molar-refractivity contribution >= 4 is 11.6 Å². The molecule has 108 valence electrons. The lowest BCUT2D eigenvalue weighted by molar-refractivity contribution is 0.183. The van der Waals surface area contributed by atoms with Crippen molar-refractivity contribution in [2.45, 2.75) is 39.0 Å². The van der Waals surface area contributed by atoms with Crippen LogP contribution >= 0.6 is 11.6 Å². The van der Waals surface area contributed by atoms with Crippen LogP contribution < -0.4 is 0 Å². The van der Waals surface area contributed by atoms with Crippen molar-refractivity contribution in [3.05, 3.63) is 23.5 Å². The SMILES string of the molecule is CCOC1=CCC(C2CCC(CCl)CC2)C(F)=C1F. The molecule has 0 aliphatic heterocycles. The number of hydrogen-bond acceptors (Lipinski definition) is 1. The van der Waals surface area contributed by atoms with E-state index in [4.69, 9.17) is 16.3 Å². The molecule has 0 aromatic rings. The molecule has 2 rings (SSSR count). The zero-order valence-corrected chi connectivity index (χ0v) is 12.1. The van der Waals surface area contributed by atoms with E-state index in [0.29, 0.717) is 24.8 Å². The van der Waals surface area contributed by atoms with Crippen molar-refractivity contribution in [1.82, 2.24) is 0 Å². The van der Waals surface area contributed by atoms with E-state index in [9.17, 15) is 8.78 Å². The first-order valence-electron chi connectivity index (χ1n) is 7.11. The van der Waals surface area contributed by atoms with Crippen LogP contribution in [0.4, 0.5) is 8.78 Å². The number of rotatable bonds is 4. The second-order valence-electron chi connectivity index (χ2n) is 5.44. The predicted molar refractivity (Wildman–Crippen MR) is 73.2 cm³/mol. The Kier molecular flexibility index (Phi) is 5.26. The lowest BCUT2D eigenvalue weighted by Gasteiger charge is -2.33. The van der Waals surface area contributed by atoms with Crippen LogP contribution in [0.3, 0.4) is 0 Å². The van der Waals surface area contributed by atoms with Crippen molar-refractivity contribution in [2.75, 3.05) is 12.5 Å². The third-order valence-corrected chi connectivity index (χ3v) is 4.72. The molecule has 1 fully saturated rings. The molecular weight excluding hydrogens is 270 g/mol. The average Bonchev–Trinajstić information content (AvgIpc) is 2.45. The Morgan fingerprint density at radius 3 is 2.53 bits per heavy atom. The lowest BCUT2D eigenvalue weighted by atomic mass is 9.73. The molecule has 2 aliphatic carbocycles. The highest BCUT2D eigenvalue weighted by Crippen LogP contribution is 2.43. The number of alkyl halides is 1. The molecule has 0 N–H and O–H groups in total. The molecule has 1 atom stereocenters. The van der Waals surface area contributed by atoms with E-state index >= 15 is 0 Å². The van der Waals surface area contributed by atoms with Crippen molar-refractivity contribution in [3.63, 3.8) is 0 Å². The van der Waals surface area contributed by atoms with Crippen LogP contribution in [0.25, 0.3) is 0 Å². The number of ether oxygens (including phenoxy) is 1. The van der Waals surface area contributed by atoms with Gasteiger partial charge in [-0.2, -0.15) is 0 Å². The van der Waals surface area contributed by atoms with Gasteiger partial charge in [-0.15, -0.1) is 11.6 Å². The van der Waals surface area contributed by atoms with E-state index in [1.54, 1.807) is 13.0 Å². The van der Waals surface area contributed by atoms with Crippen LogP contribution in [0.1, 0.15) is 39.0 Å². The van der Waals surface area contributed by atoms with Crippen LogP contribution in [0, 0.1) is 17.8 Å². The van der Waals surface area contributed by atoms with Gasteiger partial charge in [0.25, 0.3) is 0 Å². The van der Waals surface area contributed by atoms with Crippen LogP contribution in [0.15, 0.2) is 23.5 Å². The fourth-order valence-electron chi connectivity index (χ4n) is 3.13. The summed E-state index contributed by atoms with van der Waals surface area (Å²) in [5, 5.41) is 0. The highest BCUT2D eigenvalue weighted by Gasteiger charge is 2.34. The molecule has 0 amide bonds. The van der Waals surface area contributed by atoms with Gasteiger partial charge >= 0.3 is 0 Å². The quantitative estimate of drug-likeness (QED) is 0.653. The van der Waals surface area contributed by atoms with Gasteiger partial charge in [-0.3, -0.25) is 0 Å². The Bertz CT molecular complexity index is 370. The highest BCUT2D eigenvalue weighted by atomic mass is 35.5. The zero-order valence-electron chi connectivity index (χ0n) is 11.3. The van der Waals surface area contributed by atoms with Gasteiger partial charge in [0, 0.05) is 11.8 Å². The molecule has 0 heterocycles. The van der Waals surface area contributed by atoms with Gasteiger partial charge in [0.05, 0.1) is 6.61 Å². The zero-order chi connectivity index (χ0) is 13.8. The second kappa shape index (κ2) is 6.74. The third kappa shape index (κ3) is 3.31. The number of hydrogen-bond donors (Lipinski definition) is 0. The molecule has 2 aliphatic rings. The summed E-state index contributed by atoms with van der Waals surface area (Å²) >= 11 is 5.85. The molecule has 0 aromatic heterocycles. The maximum absolute atomic E-state index is 14.1. The van der Waals surface area contributed by atoms with Gasteiger partial charge in [0.2, 0.25) is 0 Å². The Hall–Kier alpha value is -0.570. The summed E-state index contributed by atoms with van der Waals surface area (Å²) < 4.78 is 33.1. The summed E-state index contributed by atoms with van der Waals surface area (Å²) in [7, 11) is 0. The number of halogens is 3. The van der Waals surface area contributed by atoms with Crippen LogP contribution in [-0.4, -0.2) is 12.5 Å². The normalized spacial score (nSPS) is 32.2. The fraction of sp³-hybridized carbons (Fsp3) is 0.733. The predicted octanol–water partition coefficient (Wildman–Crippen LogP) is 5.12. The maximum Gasteiger partial charge on any atom is 0.196 e. The third-order valence-electron chi connectivity index (χ3n) is 4.29. The Morgan fingerprint density at radius 1 is 1.26 bits per heavy atom. The van der Waals surface area contributed by atoms with Crippen molar-refractivity contribution in [3.8, 4) is 0 Å². The monoisotopic (exact) mass is 290 g/mol. The molecular formula is C15H21ClF2O. The van der Waals surface area contributed by atoms with E-state index in [0.717, 1.165) is 25.7 Å². The Balaban J connectivity index is 2.00. The van der Waals surface area contributed by atoms with Gasteiger partial charge in [0.15, 0.2) is 11.6 Å².